The molecule has 19 heavy (non-hydrogen) atoms. The van der Waals surface area contributed by atoms with Crippen LogP contribution < -0.4 is 0 Å². The minimum Gasteiger partial charge on any atom is -0.510 e. The summed E-state index contributed by atoms with van der Waals surface area (Å²) in [5, 5.41) is 17.5. The van der Waals surface area contributed by atoms with Gasteiger partial charge in [0.1, 0.15) is 5.76 Å². The minimum absolute atomic E-state index is 0.0459. The number of hydrogen-bond donors (Lipinski definition) is 1. The Morgan fingerprint density at radius 3 is 2.74 bits per heavy atom. The third-order valence-corrected chi connectivity index (χ3v) is 3.36. The fourth-order valence-electron chi connectivity index (χ4n) is 1.56. The average Bonchev–Trinajstić information content (AvgIpc) is 2.70. The van der Waals surface area contributed by atoms with Crippen LogP contribution in [0.4, 0.5) is 5.13 Å². The van der Waals surface area contributed by atoms with E-state index < -0.39 is 0 Å². The van der Waals surface area contributed by atoms with Crippen LogP contribution in [0.15, 0.2) is 39.9 Å². The number of Topliss-reactive ketones (excluding diaryl/α,β-unsaturated/α-hetero) is 1. The van der Waals surface area contributed by atoms with Crippen LogP contribution in [0.25, 0.3) is 10.2 Å². The summed E-state index contributed by atoms with van der Waals surface area (Å²) in [6.07, 6.45) is 0. The van der Waals surface area contributed by atoms with E-state index in [1.807, 2.05) is 25.1 Å². The van der Waals surface area contributed by atoms with Crippen LogP contribution in [-0.2, 0) is 4.79 Å². The molecule has 0 saturated heterocycles. The highest BCUT2D eigenvalue weighted by Crippen LogP contribution is 2.29. The molecule has 98 valence electrons. The number of thiazole rings is 1. The molecule has 1 heterocycles. The Bertz CT molecular complexity index is 697. The lowest BCUT2D eigenvalue weighted by molar-refractivity contribution is -0.113. The molecule has 0 atom stereocenters. The van der Waals surface area contributed by atoms with Crippen LogP contribution >= 0.6 is 11.3 Å². The van der Waals surface area contributed by atoms with Crippen LogP contribution in [-0.4, -0.2) is 15.9 Å². The largest absolute Gasteiger partial charge is 0.510 e. The van der Waals surface area contributed by atoms with Gasteiger partial charge in [0.25, 0.3) is 0 Å². The zero-order valence-electron chi connectivity index (χ0n) is 10.8. The molecule has 0 unspecified atom stereocenters. The number of fused-ring (bicyclic) bond motifs is 1. The van der Waals surface area contributed by atoms with Crippen molar-refractivity contribution in [1.82, 2.24) is 4.98 Å². The number of benzene rings is 1. The lowest BCUT2D eigenvalue weighted by Crippen LogP contribution is -1.96. The molecular weight excluding hydrogens is 262 g/mol. The van der Waals surface area contributed by atoms with E-state index >= 15 is 0 Å². The predicted molar refractivity (Wildman–Crippen MR) is 74.9 cm³/mol. The molecule has 0 bridgehead atoms. The molecule has 6 heteroatoms. The van der Waals surface area contributed by atoms with Gasteiger partial charge in [-0.3, -0.25) is 4.79 Å². The average molecular weight is 275 g/mol. The molecule has 0 fully saturated rings. The monoisotopic (exact) mass is 275 g/mol. The highest BCUT2D eigenvalue weighted by molar-refractivity contribution is 7.21. The fraction of sp³-hybridized carbons (Fsp3) is 0.231. The fourth-order valence-corrected chi connectivity index (χ4v) is 2.33. The third kappa shape index (κ3) is 3.03. The first-order valence-electron chi connectivity index (χ1n) is 5.67. The first-order valence-corrected chi connectivity index (χ1v) is 6.48. The Morgan fingerprint density at radius 2 is 2.11 bits per heavy atom. The van der Waals surface area contributed by atoms with Crippen molar-refractivity contribution in [3.05, 3.63) is 35.2 Å². The SMILES string of the molecule is CC(=O)/C(N=Nc1nc2cc(C)ccc2s1)=C(\C)O. The number of hydrogen-bond acceptors (Lipinski definition) is 6. The molecule has 0 amide bonds. The number of aliphatic hydroxyl groups excluding tert-OH is 1. The zero-order chi connectivity index (χ0) is 14.0. The second-order valence-electron chi connectivity index (χ2n) is 4.16. The smallest absolute Gasteiger partial charge is 0.231 e. The Balaban J connectivity index is 2.36. The van der Waals surface area contributed by atoms with Gasteiger partial charge in [0, 0.05) is 6.92 Å². The van der Waals surface area contributed by atoms with Crippen LogP contribution in [0.3, 0.4) is 0 Å². The van der Waals surface area contributed by atoms with Gasteiger partial charge in [0.15, 0.2) is 11.5 Å². The molecule has 0 spiro atoms. The van der Waals surface area contributed by atoms with Crippen molar-refractivity contribution in [2.24, 2.45) is 10.2 Å². The van der Waals surface area contributed by atoms with E-state index in [4.69, 9.17) is 0 Å². The first-order chi connectivity index (χ1) is 8.97. The highest BCUT2D eigenvalue weighted by Gasteiger charge is 2.08. The van der Waals surface area contributed by atoms with Gasteiger partial charge < -0.3 is 5.11 Å². The maximum Gasteiger partial charge on any atom is 0.231 e. The molecule has 0 aliphatic rings. The number of aliphatic hydroxyl groups is 1. The summed E-state index contributed by atoms with van der Waals surface area (Å²) in [7, 11) is 0. The van der Waals surface area contributed by atoms with E-state index in [1.54, 1.807) is 0 Å². The summed E-state index contributed by atoms with van der Waals surface area (Å²) in [4.78, 5) is 15.5. The number of aryl methyl sites for hydroxylation is 1. The van der Waals surface area contributed by atoms with E-state index in [9.17, 15) is 9.90 Å². The Labute approximate surface area is 114 Å². The van der Waals surface area contributed by atoms with E-state index in [1.165, 1.54) is 25.2 Å². The molecule has 2 aromatic rings. The van der Waals surface area contributed by atoms with Crippen LogP contribution in [0.1, 0.15) is 19.4 Å². The van der Waals surface area contributed by atoms with Crippen molar-refractivity contribution in [3.8, 4) is 0 Å². The molecule has 1 N–H and O–H groups in total. The normalized spacial score (nSPS) is 13.0. The number of nitrogens with zero attached hydrogens (tertiary/aromatic N) is 3. The predicted octanol–water partition coefficient (Wildman–Crippen LogP) is 4.07. The molecule has 5 nitrogen and oxygen atoms in total. The molecular formula is C13H13N3O2S. The number of carbonyl (C=O) groups excluding carboxylic acids is 1. The number of ketones is 1. The zero-order valence-corrected chi connectivity index (χ0v) is 11.7. The maximum atomic E-state index is 11.2. The molecule has 1 aromatic carbocycles. The number of azo groups is 1. The van der Waals surface area contributed by atoms with Crippen molar-refractivity contribution in [1.29, 1.82) is 0 Å². The lowest BCUT2D eigenvalue weighted by Gasteiger charge is -1.94. The van der Waals surface area contributed by atoms with Gasteiger partial charge in [0.2, 0.25) is 5.13 Å². The standard InChI is InChI=1S/C13H13N3O2S/c1-7-4-5-11-10(6-7)14-13(19-11)16-15-12(8(2)17)9(3)18/h4-6,17H,1-3H3/b12-8-,16-15?. The van der Waals surface area contributed by atoms with Gasteiger partial charge in [-0.1, -0.05) is 17.4 Å². The van der Waals surface area contributed by atoms with E-state index in [0.717, 1.165) is 15.8 Å². The van der Waals surface area contributed by atoms with E-state index in [0.29, 0.717) is 5.13 Å². The van der Waals surface area contributed by atoms with E-state index in [-0.39, 0.29) is 17.2 Å². The van der Waals surface area contributed by atoms with Gasteiger partial charge >= 0.3 is 0 Å². The lowest BCUT2D eigenvalue weighted by atomic mass is 10.2. The minimum atomic E-state index is -0.333. The molecule has 0 saturated carbocycles. The molecule has 0 aliphatic carbocycles. The van der Waals surface area contributed by atoms with Crippen molar-refractivity contribution >= 4 is 32.5 Å². The molecule has 1 aromatic heterocycles. The highest BCUT2D eigenvalue weighted by atomic mass is 32.1. The van der Waals surface area contributed by atoms with Gasteiger partial charge in [0.05, 0.1) is 10.2 Å². The molecule has 0 aliphatic heterocycles. The van der Waals surface area contributed by atoms with Gasteiger partial charge in [-0.05, 0) is 31.5 Å². The van der Waals surface area contributed by atoms with Crippen molar-refractivity contribution in [2.45, 2.75) is 20.8 Å². The Morgan fingerprint density at radius 1 is 1.37 bits per heavy atom. The molecule has 0 radical (unpaired) electrons. The second-order valence-corrected chi connectivity index (χ2v) is 5.17. The summed E-state index contributed by atoms with van der Waals surface area (Å²) in [6, 6.07) is 5.93. The topological polar surface area (TPSA) is 74.9 Å². The summed E-state index contributed by atoms with van der Waals surface area (Å²) in [6.45, 7) is 4.72. The first kappa shape index (κ1) is 13.4. The number of carbonyl (C=O) groups is 1. The number of aromatic nitrogens is 1. The third-order valence-electron chi connectivity index (χ3n) is 2.44. The van der Waals surface area contributed by atoms with Crippen LogP contribution in [0, 0.1) is 6.92 Å². The van der Waals surface area contributed by atoms with Gasteiger partial charge in [-0.15, -0.1) is 10.2 Å². The quantitative estimate of drug-likeness (QED) is 0.521. The molecule has 2 rings (SSSR count). The Hall–Kier alpha value is -2.08. The van der Waals surface area contributed by atoms with Gasteiger partial charge in [-0.25, -0.2) is 4.98 Å². The van der Waals surface area contributed by atoms with Crippen molar-refractivity contribution < 1.29 is 9.90 Å². The number of allylic oxidation sites excluding steroid dienone is 2. The Kier molecular flexibility index (Phi) is 3.71. The maximum absolute atomic E-state index is 11.2. The van der Waals surface area contributed by atoms with Crippen molar-refractivity contribution in [3.63, 3.8) is 0 Å². The van der Waals surface area contributed by atoms with Crippen LogP contribution in [0.2, 0.25) is 0 Å². The second kappa shape index (κ2) is 5.27. The van der Waals surface area contributed by atoms with Crippen molar-refractivity contribution in [2.75, 3.05) is 0 Å². The summed E-state index contributed by atoms with van der Waals surface area (Å²) >= 11 is 1.38. The summed E-state index contributed by atoms with van der Waals surface area (Å²) < 4.78 is 1.01. The van der Waals surface area contributed by atoms with Gasteiger partial charge in [-0.2, -0.15) is 0 Å². The van der Waals surface area contributed by atoms with E-state index in [2.05, 4.69) is 15.2 Å². The van der Waals surface area contributed by atoms with Crippen LogP contribution in [0.5, 0.6) is 0 Å². The number of rotatable bonds is 3. The summed E-state index contributed by atoms with van der Waals surface area (Å²) in [5.41, 5.74) is 1.93. The summed E-state index contributed by atoms with van der Waals surface area (Å²) in [5.74, 6) is -0.478.